The van der Waals surface area contributed by atoms with Crippen LogP contribution in [0.1, 0.15) is 5.69 Å². The fourth-order valence-electron chi connectivity index (χ4n) is 1.99. The summed E-state index contributed by atoms with van der Waals surface area (Å²) in [5.41, 5.74) is 1.39. The van der Waals surface area contributed by atoms with Crippen molar-refractivity contribution in [3.63, 3.8) is 0 Å². The molecule has 1 aromatic heterocycles. The molecule has 26 heavy (non-hydrogen) atoms. The second-order valence-corrected chi connectivity index (χ2v) is 5.17. The molecule has 1 heterocycles. The van der Waals surface area contributed by atoms with Crippen LogP contribution >= 0.6 is 0 Å². The van der Waals surface area contributed by atoms with E-state index in [0.717, 1.165) is 10.9 Å². The number of carbonyl (C=O) groups excluding carboxylic acids is 3. The number of carbonyl (C=O) groups is 3. The maximum Gasteiger partial charge on any atom is 0.331 e. The third-order valence-electron chi connectivity index (χ3n) is 3.20. The Bertz CT molecular complexity index is 819. The largest absolute Gasteiger partial charge is 0.452 e. The first-order chi connectivity index (χ1) is 12.6. The Labute approximate surface area is 150 Å². The van der Waals surface area contributed by atoms with Crippen molar-refractivity contribution in [2.45, 2.75) is 0 Å². The minimum Gasteiger partial charge on any atom is -0.452 e. The van der Waals surface area contributed by atoms with Gasteiger partial charge in [0.05, 0.1) is 17.8 Å². The summed E-state index contributed by atoms with van der Waals surface area (Å²) in [6.07, 6.45) is 2.66. The van der Waals surface area contributed by atoms with Gasteiger partial charge in [0.1, 0.15) is 0 Å². The number of aromatic nitrogens is 1. The van der Waals surface area contributed by atoms with Crippen molar-refractivity contribution in [1.29, 1.82) is 0 Å². The topological polar surface area (TPSA) is 107 Å². The highest BCUT2D eigenvalue weighted by Crippen LogP contribution is 2.12. The maximum atomic E-state index is 11.6. The predicted molar refractivity (Wildman–Crippen MR) is 95.2 cm³/mol. The quantitative estimate of drug-likeness (QED) is 0.439. The number of fused-ring (bicyclic) bond motifs is 1. The number of nitrogens with one attached hydrogen (secondary N) is 2. The van der Waals surface area contributed by atoms with Crippen molar-refractivity contribution in [3.8, 4) is 0 Å². The third kappa shape index (κ3) is 6.33. The van der Waals surface area contributed by atoms with Gasteiger partial charge in [0.2, 0.25) is 0 Å². The molecule has 0 aliphatic heterocycles. The number of para-hydroxylation sites is 1. The van der Waals surface area contributed by atoms with Crippen LogP contribution in [-0.4, -0.2) is 49.8 Å². The number of hydrogen-bond donors (Lipinski definition) is 2. The lowest BCUT2D eigenvalue weighted by Crippen LogP contribution is -2.42. The highest BCUT2D eigenvalue weighted by atomic mass is 16.5. The molecule has 2 N–H and O–H groups in total. The lowest BCUT2D eigenvalue weighted by Gasteiger charge is -2.06. The fourth-order valence-corrected chi connectivity index (χ4v) is 1.99. The summed E-state index contributed by atoms with van der Waals surface area (Å²) in [5, 5.41) is 5.43. The van der Waals surface area contributed by atoms with Crippen molar-refractivity contribution >= 4 is 34.9 Å². The van der Waals surface area contributed by atoms with Gasteiger partial charge >= 0.3 is 12.0 Å². The number of esters is 1. The Morgan fingerprint density at radius 2 is 1.96 bits per heavy atom. The molecular weight excluding hydrogens is 338 g/mol. The third-order valence-corrected chi connectivity index (χ3v) is 3.20. The van der Waals surface area contributed by atoms with Gasteiger partial charge in [-0.3, -0.25) is 10.1 Å². The zero-order chi connectivity index (χ0) is 18.8. The van der Waals surface area contributed by atoms with E-state index in [0.29, 0.717) is 12.3 Å². The number of benzene rings is 1. The second kappa shape index (κ2) is 9.90. The molecule has 0 atom stereocenters. The minimum absolute atomic E-state index is 0.261. The van der Waals surface area contributed by atoms with Crippen molar-refractivity contribution in [2.75, 3.05) is 26.9 Å². The number of ether oxygens (including phenoxy) is 2. The average Bonchev–Trinajstić information content (AvgIpc) is 2.64. The van der Waals surface area contributed by atoms with E-state index in [1.807, 2.05) is 35.6 Å². The van der Waals surface area contributed by atoms with Gasteiger partial charge in [0.15, 0.2) is 6.61 Å². The Kier molecular flexibility index (Phi) is 7.26. The van der Waals surface area contributed by atoms with E-state index >= 15 is 0 Å². The number of amides is 3. The predicted octanol–water partition coefficient (Wildman–Crippen LogP) is 1.26. The number of pyridine rings is 1. The summed E-state index contributed by atoms with van der Waals surface area (Å²) in [6, 6.07) is 10.6. The number of methoxy groups -OCH3 is 1. The van der Waals surface area contributed by atoms with Gasteiger partial charge in [-0.05, 0) is 18.2 Å². The van der Waals surface area contributed by atoms with Crippen molar-refractivity contribution < 1.29 is 23.9 Å². The SMILES string of the molecule is COCCNC(=O)NC(=O)COC(=O)/C=C/c1ccc2ccccc2n1. The smallest absolute Gasteiger partial charge is 0.331 e. The highest BCUT2D eigenvalue weighted by Gasteiger charge is 2.09. The first-order valence-corrected chi connectivity index (χ1v) is 7.86. The molecule has 3 amide bonds. The molecule has 0 aliphatic carbocycles. The molecule has 2 aromatic rings. The van der Waals surface area contributed by atoms with Crippen LogP contribution in [-0.2, 0) is 19.1 Å². The van der Waals surface area contributed by atoms with E-state index in [1.165, 1.54) is 19.3 Å². The van der Waals surface area contributed by atoms with Crippen molar-refractivity contribution in [3.05, 3.63) is 48.2 Å². The zero-order valence-corrected chi connectivity index (χ0v) is 14.2. The van der Waals surface area contributed by atoms with Crippen LogP contribution in [0.3, 0.4) is 0 Å². The first kappa shape index (κ1) is 19.1. The van der Waals surface area contributed by atoms with Crippen LogP contribution in [0.25, 0.3) is 17.0 Å². The van der Waals surface area contributed by atoms with Crippen LogP contribution in [0.2, 0.25) is 0 Å². The summed E-state index contributed by atoms with van der Waals surface area (Å²) >= 11 is 0. The van der Waals surface area contributed by atoms with Gasteiger partial charge in [0.25, 0.3) is 5.91 Å². The van der Waals surface area contributed by atoms with E-state index < -0.39 is 24.5 Å². The van der Waals surface area contributed by atoms with Gasteiger partial charge in [-0.2, -0.15) is 0 Å². The summed E-state index contributed by atoms with van der Waals surface area (Å²) in [7, 11) is 1.49. The van der Waals surface area contributed by atoms with Gasteiger partial charge in [-0.15, -0.1) is 0 Å². The summed E-state index contributed by atoms with van der Waals surface area (Å²) < 4.78 is 9.52. The minimum atomic E-state index is -0.731. The molecule has 0 fully saturated rings. The molecule has 0 radical (unpaired) electrons. The number of urea groups is 1. The first-order valence-electron chi connectivity index (χ1n) is 7.86. The molecule has 0 saturated heterocycles. The molecule has 8 nitrogen and oxygen atoms in total. The Hall–Kier alpha value is -3.26. The molecule has 1 aromatic carbocycles. The standard InChI is InChI=1S/C18H19N3O5/c1-25-11-10-19-18(24)21-16(22)12-26-17(23)9-8-14-7-6-13-4-2-3-5-15(13)20-14/h2-9H,10-12H2,1H3,(H2,19,21,22,24)/b9-8+. The lowest BCUT2D eigenvalue weighted by molar-refractivity contribution is -0.143. The van der Waals surface area contributed by atoms with E-state index in [1.54, 1.807) is 6.07 Å². The maximum absolute atomic E-state index is 11.6. The summed E-state index contributed by atoms with van der Waals surface area (Å²) in [6.45, 7) is 0.0209. The van der Waals surface area contributed by atoms with Crippen LogP contribution < -0.4 is 10.6 Å². The van der Waals surface area contributed by atoms with Gasteiger partial charge in [-0.25, -0.2) is 14.6 Å². The van der Waals surface area contributed by atoms with Crippen LogP contribution in [0.15, 0.2) is 42.5 Å². The average molecular weight is 357 g/mol. The number of nitrogens with zero attached hydrogens (tertiary/aromatic N) is 1. The molecule has 0 saturated carbocycles. The van der Waals surface area contributed by atoms with Gasteiger partial charge in [0, 0.05) is 25.1 Å². The highest BCUT2D eigenvalue weighted by molar-refractivity contribution is 5.96. The molecule has 0 spiro atoms. The number of rotatable bonds is 7. The molecular formula is C18H19N3O5. The van der Waals surface area contributed by atoms with E-state index in [2.05, 4.69) is 10.3 Å². The fraction of sp³-hybridized carbons (Fsp3) is 0.222. The normalized spacial score (nSPS) is 10.7. The molecule has 0 aliphatic rings. The summed E-state index contributed by atoms with van der Waals surface area (Å²) in [5.74, 6) is -1.44. The van der Waals surface area contributed by atoms with Crippen molar-refractivity contribution in [2.24, 2.45) is 0 Å². The molecule has 136 valence electrons. The Morgan fingerprint density at radius 3 is 2.77 bits per heavy atom. The van der Waals surface area contributed by atoms with Crippen LogP contribution in [0.5, 0.6) is 0 Å². The van der Waals surface area contributed by atoms with E-state index in [-0.39, 0.29) is 6.54 Å². The Morgan fingerprint density at radius 1 is 1.15 bits per heavy atom. The second-order valence-electron chi connectivity index (χ2n) is 5.17. The number of imide groups is 1. The van der Waals surface area contributed by atoms with Crippen LogP contribution in [0.4, 0.5) is 4.79 Å². The van der Waals surface area contributed by atoms with Crippen LogP contribution in [0, 0.1) is 0 Å². The van der Waals surface area contributed by atoms with Crippen molar-refractivity contribution in [1.82, 2.24) is 15.6 Å². The monoisotopic (exact) mass is 357 g/mol. The number of hydrogen-bond acceptors (Lipinski definition) is 6. The molecule has 2 rings (SSSR count). The van der Waals surface area contributed by atoms with E-state index in [4.69, 9.17) is 9.47 Å². The lowest BCUT2D eigenvalue weighted by atomic mass is 10.2. The van der Waals surface area contributed by atoms with Gasteiger partial charge in [-0.1, -0.05) is 24.3 Å². The molecule has 8 heteroatoms. The molecule has 0 bridgehead atoms. The Balaban J connectivity index is 1.77. The van der Waals surface area contributed by atoms with E-state index in [9.17, 15) is 14.4 Å². The molecule has 0 unspecified atom stereocenters. The summed E-state index contributed by atoms with van der Waals surface area (Å²) in [4.78, 5) is 38.9. The van der Waals surface area contributed by atoms with Gasteiger partial charge < -0.3 is 14.8 Å². The zero-order valence-electron chi connectivity index (χ0n) is 14.2.